The maximum atomic E-state index is 13.3. The van der Waals surface area contributed by atoms with E-state index in [1.807, 2.05) is 78.7 Å². The maximum absolute atomic E-state index is 13.3. The minimum atomic E-state index is -2.79. The van der Waals surface area contributed by atoms with Crippen LogP contribution in [-0.2, 0) is 20.6 Å². The van der Waals surface area contributed by atoms with Gasteiger partial charge in [-0.25, -0.2) is 0 Å². The molecule has 0 saturated carbocycles. The molecule has 1 heterocycles. The molecule has 1 aliphatic heterocycles. The number of carbonyl (C=O) groups is 1. The topological polar surface area (TPSA) is 71.0 Å². The molecule has 3 aromatic carbocycles. The highest BCUT2D eigenvalue weighted by Gasteiger charge is 2.51. The van der Waals surface area contributed by atoms with E-state index in [1.165, 1.54) is 0 Å². The minimum Gasteiger partial charge on any atom is -0.405 e. The van der Waals surface area contributed by atoms with Crippen LogP contribution >= 0.6 is 0 Å². The van der Waals surface area contributed by atoms with Crippen LogP contribution in [0.5, 0.6) is 0 Å². The monoisotopic (exact) mass is 532 g/mol. The summed E-state index contributed by atoms with van der Waals surface area (Å²) in [6.45, 7) is 7.88. The Morgan fingerprint density at radius 2 is 1.42 bits per heavy atom. The van der Waals surface area contributed by atoms with Gasteiger partial charge in [0.15, 0.2) is 0 Å². The molecule has 3 atom stereocenters. The van der Waals surface area contributed by atoms with Crippen molar-refractivity contribution in [2.45, 2.75) is 50.6 Å². The maximum Gasteiger partial charge on any atom is 0.261 e. The van der Waals surface area contributed by atoms with Gasteiger partial charge in [-0.3, -0.25) is 9.69 Å². The van der Waals surface area contributed by atoms with Crippen molar-refractivity contribution < 1.29 is 19.1 Å². The lowest BCUT2D eigenvalue weighted by Gasteiger charge is -2.44. The summed E-state index contributed by atoms with van der Waals surface area (Å²) in [4.78, 5) is 15.2. The van der Waals surface area contributed by atoms with E-state index in [-0.39, 0.29) is 24.2 Å². The smallest absolute Gasteiger partial charge is 0.261 e. The van der Waals surface area contributed by atoms with Crippen LogP contribution in [0.4, 0.5) is 0 Å². The van der Waals surface area contributed by atoms with Gasteiger partial charge in [-0.15, -0.1) is 0 Å². The second-order valence-corrected chi connectivity index (χ2v) is 15.4. The fourth-order valence-electron chi connectivity index (χ4n) is 5.32. The number of β-amino-alcohol motifs (C(OH)–C–C–N with tert-alkyl or cyclic N) is 1. The minimum absolute atomic E-state index is 0.159. The van der Waals surface area contributed by atoms with Crippen molar-refractivity contribution in [3.63, 3.8) is 0 Å². The van der Waals surface area contributed by atoms with E-state index >= 15 is 0 Å². The van der Waals surface area contributed by atoms with Gasteiger partial charge in [0.05, 0.1) is 32.0 Å². The van der Waals surface area contributed by atoms with Crippen LogP contribution in [0.15, 0.2) is 91.0 Å². The van der Waals surface area contributed by atoms with Crippen molar-refractivity contribution in [1.29, 1.82) is 0 Å². The van der Waals surface area contributed by atoms with E-state index in [1.54, 1.807) is 0 Å². The number of ether oxygens (including phenoxy) is 1. The Morgan fingerprint density at radius 3 is 1.95 bits per heavy atom. The number of amides is 1. The molecule has 0 aliphatic carbocycles. The number of rotatable bonds is 9. The second-order valence-electron chi connectivity index (χ2n) is 11.1. The van der Waals surface area contributed by atoms with Gasteiger partial charge >= 0.3 is 0 Å². The zero-order valence-electron chi connectivity index (χ0n) is 22.8. The van der Waals surface area contributed by atoms with E-state index in [4.69, 9.17) is 9.16 Å². The molecule has 1 amide bonds. The van der Waals surface area contributed by atoms with Crippen LogP contribution in [0.25, 0.3) is 0 Å². The summed E-state index contributed by atoms with van der Waals surface area (Å²) in [7, 11) is -0.943. The molecule has 0 radical (unpaired) electrons. The molecule has 4 rings (SSSR count). The lowest BCUT2D eigenvalue weighted by Crippen LogP contribution is -2.67. The lowest BCUT2D eigenvalue weighted by atomic mass is 10.2. The number of carbonyl (C=O) groups excluding carboxylic acids is 1. The number of nitrogens with zero attached hydrogens (tertiary/aromatic N) is 1. The molecule has 1 aliphatic rings. The number of benzene rings is 3. The molecule has 38 heavy (non-hydrogen) atoms. The largest absolute Gasteiger partial charge is 0.405 e. The van der Waals surface area contributed by atoms with Crippen molar-refractivity contribution in [3.05, 3.63) is 96.6 Å². The Balaban J connectivity index is 1.53. The van der Waals surface area contributed by atoms with E-state index in [2.05, 4.69) is 50.4 Å². The summed E-state index contributed by atoms with van der Waals surface area (Å²) in [5.41, 5.74) is 1.06. The van der Waals surface area contributed by atoms with Crippen LogP contribution in [0.3, 0.4) is 0 Å². The van der Waals surface area contributed by atoms with Gasteiger partial charge in [0.1, 0.15) is 6.04 Å². The van der Waals surface area contributed by atoms with E-state index < -0.39 is 26.5 Å². The Kier molecular flexibility index (Phi) is 9.18. The van der Waals surface area contributed by atoms with Gasteiger partial charge in [-0.05, 0) is 28.0 Å². The van der Waals surface area contributed by atoms with E-state index in [9.17, 15) is 9.90 Å². The van der Waals surface area contributed by atoms with Crippen LogP contribution in [0.1, 0.15) is 26.3 Å². The summed E-state index contributed by atoms with van der Waals surface area (Å²) in [6.07, 6.45) is -0.777. The highest BCUT2D eigenvalue weighted by molar-refractivity contribution is 6.99. The number of likely N-dealkylation sites (N-methyl/N-ethyl adjacent to an activating group) is 1. The second kappa shape index (κ2) is 12.4. The van der Waals surface area contributed by atoms with Gasteiger partial charge in [0, 0.05) is 6.54 Å². The van der Waals surface area contributed by atoms with E-state index in [0.29, 0.717) is 13.2 Å². The van der Waals surface area contributed by atoms with Crippen molar-refractivity contribution >= 4 is 24.6 Å². The summed E-state index contributed by atoms with van der Waals surface area (Å²) in [5.74, 6) is -0.159. The third-order valence-electron chi connectivity index (χ3n) is 7.39. The molecular weight excluding hydrogens is 492 g/mol. The number of hydrogen-bond donors (Lipinski definition) is 2. The molecule has 0 bridgehead atoms. The summed E-state index contributed by atoms with van der Waals surface area (Å²) in [6, 6.07) is 29.6. The molecular formula is C31H40N2O4Si. The zero-order valence-corrected chi connectivity index (χ0v) is 23.8. The van der Waals surface area contributed by atoms with E-state index in [0.717, 1.165) is 15.9 Å². The first kappa shape index (κ1) is 28.2. The fraction of sp³-hybridized carbons (Fsp3) is 0.387. The first-order valence-corrected chi connectivity index (χ1v) is 15.2. The van der Waals surface area contributed by atoms with Crippen LogP contribution in [0, 0.1) is 0 Å². The van der Waals surface area contributed by atoms with Gasteiger partial charge in [0.2, 0.25) is 5.91 Å². The lowest BCUT2D eigenvalue weighted by molar-refractivity contribution is -0.128. The molecule has 1 saturated heterocycles. The van der Waals surface area contributed by atoms with Crippen molar-refractivity contribution in [3.8, 4) is 0 Å². The van der Waals surface area contributed by atoms with Gasteiger partial charge < -0.3 is 19.6 Å². The number of nitrogens with one attached hydrogen (secondary N) is 1. The van der Waals surface area contributed by atoms with Crippen LogP contribution in [-0.4, -0.2) is 69.2 Å². The molecule has 0 unspecified atom stereocenters. The first-order valence-electron chi connectivity index (χ1n) is 13.3. The highest BCUT2D eigenvalue weighted by Crippen LogP contribution is 2.37. The third-order valence-corrected chi connectivity index (χ3v) is 12.4. The molecule has 7 heteroatoms. The van der Waals surface area contributed by atoms with Crippen LogP contribution < -0.4 is 15.7 Å². The van der Waals surface area contributed by atoms with Gasteiger partial charge in [0.25, 0.3) is 8.32 Å². The Bertz CT molecular complexity index is 1120. The number of aliphatic hydroxyl groups is 1. The summed E-state index contributed by atoms with van der Waals surface area (Å²) >= 11 is 0. The Morgan fingerprint density at radius 1 is 0.895 bits per heavy atom. The summed E-state index contributed by atoms with van der Waals surface area (Å²) in [5, 5.41) is 16.3. The van der Waals surface area contributed by atoms with Gasteiger partial charge in [-0.2, -0.15) is 0 Å². The SMILES string of the molecule is CN1C[C@@H](O)[C@@H](CO[Si](c2ccccc2)(c2ccccc2)C(C)(C)C)NC(=O)[C@@H]1COCc1ccccc1. The van der Waals surface area contributed by atoms with Gasteiger partial charge in [-0.1, -0.05) is 112 Å². The molecule has 0 spiro atoms. The number of aliphatic hydroxyl groups excluding tert-OH is 1. The van der Waals surface area contributed by atoms with Crippen molar-refractivity contribution in [2.75, 3.05) is 26.8 Å². The fourth-order valence-corrected chi connectivity index (χ4v) is 9.90. The molecule has 6 nitrogen and oxygen atoms in total. The predicted molar refractivity (Wildman–Crippen MR) is 154 cm³/mol. The first-order chi connectivity index (χ1) is 18.2. The number of hydrogen-bond acceptors (Lipinski definition) is 5. The standard InChI is InChI=1S/C31H40N2O4Si/c1-31(2,3)38(25-16-10-6-11-17-25,26-18-12-7-13-19-26)37-22-27-29(34)20-33(4)28(30(35)32-27)23-36-21-24-14-8-5-9-15-24/h5-19,27-29,34H,20-23H2,1-4H3,(H,32,35)/t27-,28+,29-/m1/s1. The molecule has 1 fully saturated rings. The van der Waals surface area contributed by atoms with Crippen LogP contribution in [0.2, 0.25) is 5.04 Å². The third kappa shape index (κ3) is 6.25. The van der Waals surface area contributed by atoms with Crippen molar-refractivity contribution in [1.82, 2.24) is 10.2 Å². The molecule has 3 aromatic rings. The Hall–Kier alpha value is -2.81. The quantitative estimate of drug-likeness (QED) is 0.415. The Labute approximate surface area is 227 Å². The normalized spacial score (nSPS) is 21.1. The molecule has 0 aromatic heterocycles. The average molecular weight is 533 g/mol. The average Bonchev–Trinajstić information content (AvgIpc) is 3.01. The molecule has 202 valence electrons. The summed E-state index contributed by atoms with van der Waals surface area (Å²) < 4.78 is 12.9. The van der Waals surface area contributed by atoms with Crippen molar-refractivity contribution in [2.24, 2.45) is 0 Å². The zero-order chi connectivity index (χ0) is 27.2. The predicted octanol–water partition coefficient (Wildman–Crippen LogP) is 2.94. The highest BCUT2D eigenvalue weighted by atomic mass is 28.4. The molecule has 2 N–H and O–H groups in total.